The number of hydrogen-bond acceptors (Lipinski definition) is 4. The first-order valence-electron chi connectivity index (χ1n) is 8.09. The van der Waals surface area contributed by atoms with Crippen LogP contribution < -0.4 is 10.1 Å². The molecule has 1 aromatic heterocycles. The van der Waals surface area contributed by atoms with Crippen molar-refractivity contribution in [2.24, 2.45) is 0 Å². The number of para-hydroxylation sites is 1. The zero-order chi connectivity index (χ0) is 17.6. The molecule has 0 fully saturated rings. The van der Waals surface area contributed by atoms with Gasteiger partial charge < -0.3 is 10.1 Å². The molecule has 1 heterocycles. The molecule has 128 valence electrons. The highest BCUT2D eigenvalue weighted by Gasteiger charge is 2.15. The van der Waals surface area contributed by atoms with Crippen LogP contribution in [0.1, 0.15) is 12.5 Å². The van der Waals surface area contributed by atoms with E-state index in [1.54, 1.807) is 7.11 Å². The molecule has 1 N–H and O–H groups in total. The predicted octanol–water partition coefficient (Wildman–Crippen LogP) is 4.04. The molecule has 0 aliphatic heterocycles. The summed E-state index contributed by atoms with van der Waals surface area (Å²) in [5.74, 6) is 0.803. The van der Waals surface area contributed by atoms with Gasteiger partial charge in [0, 0.05) is 11.9 Å². The van der Waals surface area contributed by atoms with Gasteiger partial charge in [0.05, 0.1) is 22.9 Å². The van der Waals surface area contributed by atoms with Crippen molar-refractivity contribution < 1.29 is 9.53 Å². The second kappa shape index (κ2) is 8.03. The molecular formula is C20H20N2O2S. The highest BCUT2D eigenvalue weighted by molar-refractivity contribution is 8.00. The Morgan fingerprint density at radius 1 is 1.12 bits per heavy atom. The molecule has 25 heavy (non-hydrogen) atoms. The van der Waals surface area contributed by atoms with Crippen LogP contribution in [0.4, 0.5) is 0 Å². The van der Waals surface area contributed by atoms with Crippen LogP contribution in [0.3, 0.4) is 0 Å². The summed E-state index contributed by atoms with van der Waals surface area (Å²) in [7, 11) is 1.64. The lowest BCUT2D eigenvalue weighted by atomic mass is 10.2. The first-order valence-corrected chi connectivity index (χ1v) is 8.97. The molecule has 2 aromatic carbocycles. The Bertz CT molecular complexity index is 865. The summed E-state index contributed by atoms with van der Waals surface area (Å²) in [6.45, 7) is 2.39. The molecule has 0 saturated heterocycles. The third kappa shape index (κ3) is 4.51. The van der Waals surface area contributed by atoms with Crippen molar-refractivity contribution in [1.29, 1.82) is 0 Å². The van der Waals surface area contributed by atoms with Gasteiger partial charge in [-0.15, -0.1) is 0 Å². The largest absolute Gasteiger partial charge is 0.497 e. The maximum atomic E-state index is 12.3. The number of ether oxygens (including phenoxy) is 1. The lowest BCUT2D eigenvalue weighted by Gasteiger charge is -2.12. The minimum absolute atomic E-state index is 0.00391. The molecule has 1 amide bonds. The lowest BCUT2D eigenvalue weighted by Crippen LogP contribution is -2.30. The molecule has 3 aromatic rings. The smallest absolute Gasteiger partial charge is 0.233 e. The number of pyridine rings is 1. The highest BCUT2D eigenvalue weighted by Crippen LogP contribution is 2.24. The summed E-state index contributed by atoms with van der Waals surface area (Å²) in [6.07, 6.45) is 0. The number of nitrogens with zero attached hydrogens (tertiary/aromatic N) is 1. The second-order valence-electron chi connectivity index (χ2n) is 5.67. The van der Waals surface area contributed by atoms with E-state index in [0.717, 1.165) is 27.2 Å². The van der Waals surface area contributed by atoms with Gasteiger partial charge >= 0.3 is 0 Å². The number of carbonyl (C=O) groups excluding carboxylic acids is 1. The maximum Gasteiger partial charge on any atom is 0.233 e. The van der Waals surface area contributed by atoms with Crippen molar-refractivity contribution in [3.8, 4) is 5.75 Å². The number of carbonyl (C=O) groups is 1. The topological polar surface area (TPSA) is 51.2 Å². The van der Waals surface area contributed by atoms with Gasteiger partial charge in [-0.05, 0) is 36.8 Å². The molecule has 3 rings (SSSR count). The first kappa shape index (κ1) is 17.3. The van der Waals surface area contributed by atoms with Crippen LogP contribution in [0.5, 0.6) is 5.75 Å². The zero-order valence-corrected chi connectivity index (χ0v) is 15.0. The molecule has 0 aliphatic carbocycles. The van der Waals surface area contributed by atoms with Gasteiger partial charge in [-0.1, -0.05) is 48.2 Å². The number of hydrogen-bond donors (Lipinski definition) is 1. The van der Waals surface area contributed by atoms with Crippen molar-refractivity contribution >= 4 is 28.6 Å². The van der Waals surface area contributed by atoms with Crippen LogP contribution in [-0.4, -0.2) is 23.3 Å². The Kier molecular flexibility index (Phi) is 5.56. The minimum atomic E-state index is -0.216. The van der Waals surface area contributed by atoms with Crippen molar-refractivity contribution in [2.45, 2.75) is 23.7 Å². The number of rotatable bonds is 6. The SMILES string of the molecule is COc1ccc(CNC(=O)C(C)Sc2ccc3ccccc3n2)cc1. The van der Waals surface area contributed by atoms with Crippen molar-refractivity contribution in [2.75, 3.05) is 7.11 Å². The van der Waals surface area contributed by atoms with E-state index in [1.165, 1.54) is 11.8 Å². The Hall–Kier alpha value is -2.53. The predicted molar refractivity (Wildman–Crippen MR) is 102 cm³/mol. The van der Waals surface area contributed by atoms with Crippen LogP contribution in [0, 0.1) is 0 Å². The number of nitrogens with one attached hydrogen (secondary N) is 1. The summed E-state index contributed by atoms with van der Waals surface area (Å²) in [5, 5.41) is 4.70. The second-order valence-corrected chi connectivity index (χ2v) is 7.03. The van der Waals surface area contributed by atoms with Gasteiger partial charge in [-0.25, -0.2) is 4.98 Å². The molecule has 4 nitrogen and oxygen atoms in total. The Morgan fingerprint density at radius 2 is 1.88 bits per heavy atom. The van der Waals surface area contributed by atoms with E-state index in [0.29, 0.717) is 6.54 Å². The lowest BCUT2D eigenvalue weighted by molar-refractivity contribution is -0.120. The molecule has 1 unspecified atom stereocenters. The van der Waals surface area contributed by atoms with Gasteiger partial charge in [0.15, 0.2) is 0 Å². The quantitative estimate of drug-likeness (QED) is 0.680. The Balaban J connectivity index is 1.57. The molecule has 0 radical (unpaired) electrons. The average Bonchev–Trinajstić information content (AvgIpc) is 2.66. The molecule has 0 bridgehead atoms. The molecule has 0 saturated carbocycles. The fraction of sp³-hybridized carbons (Fsp3) is 0.200. The number of aromatic nitrogens is 1. The third-order valence-electron chi connectivity index (χ3n) is 3.87. The fourth-order valence-corrected chi connectivity index (χ4v) is 3.27. The van der Waals surface area contributed by atoms with Gasteiger partial charge in [-0.3, -0.25) is 4.79 Å². The van der Waals surface area contributed by atoms with E-state index in [4.69, 9.17) is 4.74 Å². The standard InChI is InChI=1S/C20H20N2O2S/c1-14(20(23)21-13-15-7-10-17(24-2)11-8-15)25-19-12-9-16-5-3-4-6-18(16)22-19/h3-12,14H,13H2,1-2H3,(H,21,23). The van der Waals surface area contributed by atoms with Gasteiger partial charge in [0.2, 0.25) is 5.91 Å². The summed E-state index contributed by atoms with van der Waals surface area (Å²) < 4.78 is 5.13. The fourth-order valence-electron chi connectivity index (χ4n) is 2.42. The van der Waals surface area contributed by atoms with Crippen molar-refractivity contribution in [1.82, 2.24) is 10.3 Å². The minimum Gasteiger partial charge on any atom is -0.497 e. The first-order chi connectivity index (χ1) is 12.2. The Labute approximate surface area is 151 Å². The third-order valence-corrected chi connectivity index (χ3v) is 4.90. The number of benzene rings is 2. The van der Waals surface area contributed by atoms with Gasteiger partial charge in [0.1, 0.15) is 5.75 Å². The summed E-state index contributed by atoms with van der Waals surface area (Å²) in [4.78, 5) is 16.9. The van der Waals surface area contributed by atoms with Crippen molar-refractivity contribution in [3.63, 3.8) is 0 Å². The van der Waals surface area contributed by atoms with E-state index in [1.807, 2.05) is 67.6 Å². The maximum absolute atomic E-state index is 12.3. The van der Waals surface area contributed by atoms with Crippen LogP contribution in [-0.2, 0) is 11.3 Å². The summed E-state index contributed by atoms with van der Waals surface area (Å²) in [5.41, 5.74) is 1.98. The van der Waals surface area contributed by atoms with Crippen LogP contribution in [0.2, 0.25) is 0 Å². The number of fused-ring (bicyclic) bond motifs is 1. The molecular weight excluding hydrogens is 332 g/mol. The monoisotopic (exact) mass is 352 g/mol. The Morgan fingerprint density at radius 3 is 2.64 bits per heavy atom. The van der Waals surface area contributed by atoms with Gasteiger partial charge in [0.25, 0.3) is 0 Å². The number of thioether (sulfide) groups is 1. The zero-order valence-electron chi connectivity index (χ0n) is 14.2. The van der Waals surface area contributed by atoms with E-state index in [-0.39, 0.29) is 11.2 Å². The molecule has 5 heteroatoms. The van der Waals surface area contributed by atoms with E-state index >= 15 is 0 Å². The van der Waals surface area contributed by atoms with Gasteiger partial charge in [-0.2, -0.15) is 0 Å². The van der Waals surface area contributed by atoms with Crippen LogP contribution in [0.25, 0.3) is 10.9 Å². The summed E-state index contributed by atoms with van der Waals surface area (Å²) in [6, 6.07) is 19.6. The average molecular weight is 352 g/mol. The highest BCUT2D eigenvalue weighted by atomic mass is 32.2. The van der Waals surface area contributed by atoms with E-state index in [9.17, 15) is 4.79 Å². The normalized spacial score (nSPS) is 11.9. The van der Waals surface area contributed by atoms with E-state index in [2.05, 4.69) is 10.3 Å². The number of amides is 1. The molecule has 0 spiro atoms. The van der Waals surface area contributed by atoms with Crippen molar-refractivity contribution in [3.05, 3.63) is 66.2 Å². The number of methoxy groups -OCH3 is 1. The van der Waals surface area contributed by atoms with Crippen LogP contribution in [0.15, 0.2) is 65.7 Å². The van der Waals surface area contributed by atoms with E-state index < -0.39 is 0 Å². The molecule has 1 atom stereocenters. The summed E-state index contributed by atoms with van der Waals surface area (Å²) >= 11 is 1.46. The molecule has 0 aliphatic rings. The van der Waals surface area contributed by atoms with Crippen LogP contribution >= 0.6 is 11.8 Å².